The second-order valence-electron chi connectivity index (χ2n) is 4.34. The quantitative estimate of drug-likeness (QED) is 0.869. The lowest BCUT2D eigenvalue weighted by atomic mass is 10.3. The number of nitrogens with two attached hydrogens (primary N) is 1. The van der Waals surface area contributed by atoms with E-state index >= 15 is 0 Å². The van der Waals surface area contributed by atoms with Crippen molar-refractivity contribution in [1.82, 2.24) is 4.31 Å². The lowest BCUT2D eigenvalue weighted by Gasteiger charge is -2.16. The van der Waals surface area contributed by atoms with Crippen LogP contribution in [0.1, 0.15) is 11.5 Å². The monoisotopic (exact) mass is 280 g/mol. The normalized spacial score (nSPS) is 11.9. The predicted octanol–water partition coefficient (Wildman–Crippen LogP) is 1.99. The maximum Gasteiger partial charge on any atom is 0.243 e. The lowest BCUT2D eigenvalue weighted by Crippen LogP contribution is -2.26. The van der Waals surface area contributed by atoms with Gasteiger partial charge in [0.15, 0.2) is 0 Å². The summed E-state index contributed by atoms with van der Waals surface area (Å²) in [6.07, 6.45) is 0. The molecule has 0 radical (unpaired) electrons. The molecule has 0 saturated carbocycles. The minimum atomic E-state index is -3.53. The summed E-state index contributed by atoms with van der Waals surface area (Å²) in [6, 6.07) is 9.70. The molecular weight excluding hydrogens is 264 g/mol. The second-order valence-corrected chi connectivity index (χ2v) is 6.39. The number of hydrogen-bond acceptors (Lipinski definition) is 4. The molecule has 0 aliphatic rings. The minimum absolute atomic E-state index is 0.195. The van der Waals surface area contributed by atoms with Crippen molar-refractivity contribution in [1.29, 1.82) is 0 Å². The van der Waals surface area contributed by atoms with Crippen molar-refractivity contribution in [2.45, 2.75) is 18.4 Å². The van der Waals surface area contributed by atoms with Gasteiger partial charge in [-0.2, -0.15) is 4.31 Å². The molecule has 102 valence electrons. The smallest absolute Gasteiger partial charge is 0.243 e. The molecule has 0 bridgehead atoms. The number of sulfonamides is 1. The van der Waals surface area contributed by atoms with Gasteiger partial charge in [0.05, 0.1) is 11.4 Å². The number of furan rings is 1. The Morgan fingerprint density at radius 2 is 1.79 bits per heavy atom. The van der Waals surface area contributed by atoms with Gasteiger partial charge in [0.1, 0.15) is 11.5 Å². The Kier molecular flexibility index (Phi) is 3.64. The molecule has 0 aliphatic carbocycles. The Morgan fingerprint density at radius 3 is 2.32 bits per heavy atom. The van der Waals surface area contributed by atoms with Crippen LogP contribution in [0, 0.1) is 6.92 Å². The first kappa shape index (κ1) is 13.6. The largest absolute Gasteiger partial charge is 0.465 e. The lowest BCUT2D eigenvalue weighted by molar-refractivity contribution is 0.397. The molecule has 0 unspecified atom stereocenters. The topological polar surface area (TPSA) is 76.5 Å². The third-order valence-corrected chi connectivity index (χ3v) is 4.58. The molecule has 0 aliphatic heterocycles. The zero-order valence-electron chi connectivity index (χ0n) is 10.8. The van der Waals surface area contributed by atoms with Crippen LogP contribution in [0.25, 0.3) is 0 Å². The molecule has 1 aromatic heterocycles. The fraction of sp³-hybridized carbons (Fsp3) is 0.231. The van der Waals surface area contributed by atoms with E-state index in [1.807, 2.05) is 6.92 Å². The summed E-state index contributed by atoms with van der Waals surface area (Å²) in [5.41, 5.74) is 6.08. The van der Waals surface area contributed by atoms with Crippen molar-refractivity contribution in [3.8, 4) is 0 Å². The highest BCUT2D eigenvalue weighted by molar-refractivity contribution is 7.89. The van der Waals surface area contributed by atoms with Crippen molar-refractivity contribution in [2.75, 3.05) is 12.8 Å². The molecule has 1 aromatic carbocycles. The summed E-state index contributed by atoms with van der Waals surface area (Å²) in [7, 11) is -2.01. The van der Waals surface area contributed by atoms with Crippen molar-refractivity contribution < 1.29 is 12.8 Å². The molecule has 0 fully saturated rings. The van der Waals surface area contributed by atoms with Crippen LogP contribution in [0.4, 0.5) is 5.69 Å². The number of nitrogen functional groups attached to an aromatic ring is 1. The zero-order valence-corrected chi connectivity index (χ0v) is 11.6. The molecule has 0 amide bonds. The molecule has 2 aromatic rings. The van der Waals surface area contributed by atoms with E-state index in [2.05, 4.69) is 0 Å². The summed E-state index contributed by atoms with van der Waals surface area (Å²) >= 11 is 0. The van der Waals surface area contributed by atoms with Gasteiger partial charge in [-0.25, -0.2) is 8.42 Å². The SMILES string of the molecule is Cc1ccc(CN(C)S(=O)(=O)c2ccc(N)cc2)o1. The highest BCUT2D eigenvalue weighted by Crippen LogP contribution is 2.18. The van der Waals surface area contributed by atoms with E-state index in [0.29, 0.717) is 11.4 Å². The molecule has 5 nitrogen and oxygen atoms in total. The van der Waals surface area contributed by atoms with E-state index in [0.717, 1.165) is 5.76 Å². The van der Waals surface area contributed by atoms with Crippen LogP contribution in [0.15, 0.2) is 45.7 Å². The van der Waals surface area contributed by atoms with Gasteiger partial charge >= 0.3 is 0 Å². The maximum atomic E-state index is 12.3. The zero-order chi connectivity index (χ0) is 14.0. The molecule has 6 heteroatoms. The van der Waals surface area contributed by atoms with Gasteiger partial charge in [-0.1, -0.05) is 0 Å². The van der Waals surface area contributed by atoms with Crippen molar-refractivity contribution in [3.05, 3.63) is 47.9 Å². The Labute approximate surface area is 112 Å². The molecular formula is C13H16N2O3S. The summed E-state index contributed by atoms with van der Waals surface area (Å²) < 4.78 is 31.2. The van der Waals surface area contributed by atoms with Gasteiger partial charge in [0.2, 0.25) is 10.0 Å². The van der Waals surface area contributed by atoms with E-state index in [1.54, 1.807) is 24.3 Å². The first-order valence-corrected chi connectivity index (χ1v) is 7.21. The van der Waals surface area contributed by atoms with E-state index in [-0.39, 0.29) is 11.4 Å². The van der Waals surface area contributed by atoms with Crippen molar-refractivity contribution in [2.24, 2.45) is 0 Å². The van der Waals surface area contributed by atoms with Gasteiger partial charge in [-0.05, 0) is 43.3 Å². The molecule has 19 heavy (non-hydrogen) atoms. The Bertz CT molecular complexity index is 659. The average molecular weight is 280 g/mol. The van der Waals surface area contributed by atoms with E-state index in [1.165, 1.54) is 23.5 Å². The fourth-order valence-electron chi connectivity index (χ4n) is 1.69. The number of nitrogens with zero attached hydrogens (tertiary/aromatic N) is 1. The summed E-state index contributed by atoms with van der Waals surface area (Å²) in [6.45, 7) is 2.01. The molecule has 0 spiro atoms. The minimum Gasteiger partial charge on any atom is -0.465 e. The highest BCUT2D eigenvalue weighted by Gasteiger charge is 2.21. The van der Waals surface area contributed by atoms with Crippen LogP contribution >= 0.6 is 0 Å². The molecule has 1 heterocycles. The fourth-order valence-corrected chi connectivity index (χ4v) is 2.83. The molecule has 2 rings (SSSR count). The number of anilines is 1. The van der Waals surface area contributed by atoms with Gasteiger partial charge in [-0.15, -0.1) is 0 Å². The van der Waals surface area contributed by atoms with E-state index in [4.69, 9.17) is 10.2 Å². The van der Waals surface area contributed by atoms with Crippen LogP contribution in [-0.2, 0) is 16.6 Å². The number of rotatable bonds is 4. The number of hydrogen-bond donors (Lipinski definition) is 1. The predicted molar refractivity (Wildman–Crippen MR) is 73.0 cm³/mol. The summed E-state index contributed by atoms with van der Waals surface area (Å²) in [4.78, 5) is 0.215. The van der Waals surface area contributed by atoms with Gasteiger partial charge in [0.25, 0.3) is 0 Å². The van der Waals surface area contributed by atoms with E-state index in [9.17, 15) is 8.42 Å². The van der Waals surface area contributed by atoms with Crippen LogP contribution in [0.2, 0.25) is 0 Å². The molecule has 0 atom stereocenters. The van der Waals surface area contributed by atoms with Crippen LogP contribution in [-0.4, -0.2) is 19.8 Å². The third kappa shape index (κ3) is 2.97. The van der Waals surface area contributed by atoms with Crippen molar-refractivity contribution >= 4 is 15.7 Å². The van der Waals surface area contributed by atoms with Crippen LogP contribution in [0.3, 0.4) is 0 Å². The second kappa shape index (κ2) is 5.07. The molecule has 2 N–H and O–H groups in total. The van der Waals surface area contributed by atoms with Gasteiger partial charge in [-0.3, -0.25) is 0 Å². The Balaban J connectivity index is 2.21. The highest BCUT2D eigenvalue weighted by atomic mass is 32.2. The average Bonchev–Trinajstić information content (AvgIpc) is 2.75. The Morgan fingerprint density at radius 1 is 1.16 bits per heavy atom. The first-order chi connectivity index (χ1) is 8.89. The molecule has 0 saturated heterocycles. The van der Waals surface area contributed by atoms with Gasteiger partial charge in [0, 0.05) is 12.7 Å². The first-order valence-electron chi connectivity index (χ1n) is 5.77. The Hall–Kier alpha value is -1.79. The third-order valence-electron chi connectivity index (χ3n) is 2.76. The maximum absolute atomic E-state index is 12.3. The van der Waals surface area contributed by atoms with Crippen LogP contribution < -0.4 is 5.73 Å². The number of benzene rings is 1. The van der Waals surface area contributed by atoms with Gasteiger partial charge < -0.3 is 10.2 Å². The summed E-state index contributed by atoms with van der Waals surface area (Å²) in [5, 5.41) is 0. The van der Waals surface area contributed by atoms with Crippen LogP contribution in [0.5, 0.6) is 0 Å². The standard InChI is InChI=1S/C13H16N2O3S/c1-10-3-6-12(18-10)9-15(2)19(16,17)13-7-4-11(14)5-8-13/h3-8H,9,14H2,1-2H3. The summed E-state index contributed by atoms with van der Waals surface area (Å²) in [5.74, 6) is 1.37. The number of aryl methyl sites for hydroxylation is 1. The van der Waals surface area contributed by atoms with E-state index < -0.39 is 10.0 Å². The van der Waals surface area contributed by atoms with Crippen molar-refractivity contribution in [3.63, 3.8) is 0 Å².